The standard InChI is InChI=1S/C16H10O4/c17-11-5-1-9(2-6-11)13-15(19)14(16(13)20)10-3-7-12(18)8-4-10/h1-8,17,19H/p+1. The summed E-state index contributed by atoms with van der Waals surface area (Å²) in [6, 6.07) is 6.17. The Hall–Kier alpha value is -2.88. The molecule has 3 rings (SSSR count). The molecule has 1 aromatic rings. The van der Waals surface area contributed by atoms with Gasteiger partial charge in [-0.1, -0.05) is 24.3 Å². The zero-order chi connectivity index (χ0) is 14.3. The minimum atomic E-state index is -0.129. The monoisotopic (exact) mass is 267 g/mol. The first-order chi connectivity index (χ1) is 9.58. The third-order valence-electron chi connectivity index (χ3n) is 3.25. The lowest BCUT2D eigenvalue weighted by Gasteiger charge is -2.19. The van der Waals surface area contributed by atoms with Crippen LogP contribution in [0.15, 0.2) is 65.5 Å². The predicted octanol–water partition coefficient (Wildman–Crippen LogP) is 2.21. The molecule has 4 nitrogen and oxygen atoms in total. The molecule has 1 aromatic carbocycles. The van der Waals surface area contributed by atoms with Gasteiger partial charge in [0.15, 0.2) is 5.78 Å². The van der Waals surface area contributed by atoms with E-state index in [1.807, 2.05) is 0 Å². The first-order valence-corrected chi connectivity index (χ1v) is 6.02. The smallest absolute Gasteiger partial charge is 0.363 e. The van der Waals surface area contributed by atoms with Crippen LogP contribution in [-0.2, 0) is 4.79 Å². The molecule has 20 heavy (non-hydrogen) atoms. The summed E-state index contributed by atoms with van der Waals surface area (Å²) in [6.07, 6.45) is 5.86. The first kappa shape index (κ1) is 12.2. The molecule has 2 aliphatic rings. The second-order valence-corrected chi connectivity index (χ2v) is 4.52. The molecule has 0 saturated heterocycles. The van der Waals surface area contributed by atoms with E-state index in [1.165, 1.54) is 24.3 Å². The maximum atomic E-state index is 11.1. The van der Waals surface area contributed by atoms with Gasteiger partial charge in [-0.25, -0.2) is 0 Å². The minimum absolute atomic E-state index is 0.0214. The lowest BCUT2D eigenvalue weighted by Crippen LogP contribution is -2.23. The molecule has 0 unspecified atom stereocenters. The first-order valence-electron chi connectivity index (χ1n) is 6.02. The number of allylic oxidation sites excluding steroid dienone is 7. The fraction of sp³-hybridized carbons (Fsp3) is 0. The normalized spacial score (nSPS) is 17.8. The summed E-state index contributed by atoms with van der Waals surface area (Å²) in [6.45, 7) is 0. The number of hydrogen-bond acceptors (Lipinski definition) is 3. The number of phenolic OH excluding ortho intramolecular Hbond substituents is 1. The van der Waals surface area contributed by atoms with Crippen LogP contribution in [0.4, 0.5) is 0 Å². The van der Waals surface area contributed by atoms with Crippen LogP contribution in [0.2, 0.25) is 0 Å². The Kier molecular flexibility index (Phi) is 2.64. The third-order valence-corrected chi connectivity index (χ3v) is 3.25. The summed E-state index contributed by atoms with van der Waals surface area (Å²) in [5.74, 6) is -0.0584. The largest absolute Gasteiger partial charge is 0.508 e. The van der Waals surface area contributed by atoms with Crippen LogP contribution in [0.3, 0.4) is 0 Å². The van der Waals surface area contributed by atoms with Crippen molar-refractivity contribution >= 4 is 17.1 Å². The van der Waals surface area contributed by atoms with Gasteiger partial charge in [-0.05, 0) is 35.4 Å². The van der Waals surface area contributed by atoms with E-state index in [0.29, 0.717) is 22.3 Å². The molecule has 0 amide bonds. The van der Waals surface area contributed by atoms with Crippen LogP contribution in [0.1, 0.15) is 5.56 Å². The molecule has 98 valence electrons. The minimum Gasteiger partial charge on any atom is -0.508 e. The molecule has 0 radical (unpaired) electrons. The molecule has 0 bridgehead atoms. The van der Waals surface area contributed by atoms with Crippen LogP contribution in [0.5, 0.6) is 5.75 Å². The zero-order valence-corrected chi connectivity index (χ0v) is 10.4. The molecule has 0 atom stereocenters. The van der Waals surface area contributed by atoms with Gasteiger partial charge in [0.05, 0.1) is 0 Å². The van der Waals surface area contributed by atoms with Crippen LogP contribution in [0, 0.1) is 0 Å². The maximum absolute atomic E-state index is 11.1. The zero-order valence-electron chi connectivity index (χ0n) is 10.4. The van der Waals surface area contributed by atoms with E-state index in [9.17, 15) is 19.8 Å². The average molecular weight is 267 g/mol. The van der Waals surface area contributed by atoms with Gasteiger partial charge < -0.3 is 10.2 Å². The molecule has 2 aliphatic carbocycles. The third kappa shape index (κ3) is 1.78. The number of aromatic hydroxyl groups is 1. The van der Waals surface area contributed by atoms with Gasteiger partial charge >= 0.3 is 5.78 Å². The van der Waals surface area contributed by atoms with Crippen LogP contribution in [-0.4, -0.2) is 26.6 Å². The molecule has 4 heteroatoms. The van der Waals surface area contributed by atoms with Crippen molar-refractivity contribution < 1.29 is 19.8 Å². The van der Waals surface area contributed by atoms with E-state index in [2.05, 4.69) is 0 Å². The van der Waals surface area contributed by atoms with E-state index in [1.54, 1.807) is 24.3 Å². The number of hydrogen-bond donors (Lipinski definition) is 2. The number of phenols is 1. The molecular formula is C16H11O4+. The topological polar surface area (TPSA) is 78.9 Å². The van der Waals surface area contributed by atoms with E-state index in [4.69, 9.17) is 0 Å². The summed E-state index contributed by atoms with van der Waals surface area (Å²) in [4.78, 5) is 21.2. The molecule has 0 aromatic heterocycles. The fourth-order valence-electron chi connectivity index (χ4n) is 2.21. The van der Waals surface area contributed by atoms with Crippen molar-refractivity contribution in [1.29, 1.82) is 0 Å². The van der Waals surface area contributed by atoms with E-state index >= 15 is 0 Å². The summed E-state index contributed by atoms with van der Waals surface area (Å²) >= 11 is 0. The fourth-order valence-corrected chi connectivity index (χ4v) is 2.21. The number of rotatable bonds is 1. The van der Waals surface area contributed by atoms with Gasteiger partial charge in [0.1, 0.15) is 22.7 Å². The second-order valence-electron chi connectivity index (χ2n) is 4.52. The lowest BCUT2D eigenvalue weighted by atomic mass is 9.80. The predicted molar refractivity (Wildman–Crippen MR) is 74.9 cm³/mol. The van der Waals surface area contributed by atoms with Crippen LogP contribution < -0.4 is 0 Å². The summed E-state index contributed by atoms with van der Waals surface area (Å²) < 4.78 is 0. The molecule has 3 N–H and O–H groups in total. The van der Waals surface area contributed by atoms with Crippen molar-refractivity contribution in [2.75, 3.05) is 0 Å². The Balaban J connectivity index is 2.05. The van der Waals surface area contributed by atoms with Gasteiger partial charge in [0.2, 0.25) is 0 Å². The Morgan fingerprint density at radius 2 is 1.45 bits per heavy atom. The van der Waals surface area contributed by atoms with Gasteiger partial charge in [-0.3, -0.25) is 9.59 Å². The van der Waals surface area contributed by atoms with E-state index in [0.717, 1.165) is 0 Å². The van der Waals surface area contributed by atoms with Crippen LogP contribution >= 0.6 is 0 Å². The van der Waals surface area contributed by atoms with E-state index < -0.39 is 0 Å². The van der Waals surface area contributed by atoms with Crippen molar-refractivity contribution in [1.82, 2.24) is 0 Å². The van der Waals surface area contributed by atoms with E-state index in [-0.39, 0.29) is 23.1 Å². The lowest BCUT2D eigenvalue weighted by molar-refractivity contribution is -0.110. The van der Waals surface area contributed by atoms with Gasteiger partial charge in [-0.2, -0.15) is 0 Å². The highest BCUT2D eigenvalue weighted by Crippen LogP contribution is 2.38. The quantitative estimate of drug-likeness (QED) is 0.604. The van der Waals surface area contributed by atoms with Gasteiger partial charge in [0, 0.05) is 0 Å². The molecule has 0 saturated carbocycles. The highest BCUT2D eigenvalue weighted by molar-refractivity contribution is 6.40. The Morgan fingerprint density at radius 1 is 0.850 bits per heavy atom. The average Bonchev–Trinajstić information content (AvgIpc) is 2.44. The van der Waals surface area contributed by atoms with Gasteiger partial charge in [-0.15, -0.1) is 0 Å². The van der Waals surface area contributed by atoms with Crippen molar-refractivity contribution in [2.24, 2.45) is 0 Å². The van der Waals surface area contributed by atoms with Crippen molar-refractivity contribution in [3.63, 3.8) is 0 Å². The Bertz CT molecular complexity index is 725. The van der Waals surface area contributed by atoms with Crippen molar-refractivity contribution in [3.05, 3.63) is 71.0 Å². The highest BCUT2D eigenvalue weighted by atomic mass is 16.3. The molecule has 0 spiro atoms. The van der Waals surface area contributed by atoms with Gasteiger partial charge in [0.25, 0.3) is 0 Å². The number of aliphatic hydroxyl groups is 1. The molecule has 0 fully saturated rings. The SMILES string of the molecule is O=C1C=CC(=C2C(=[OH+])C(c3ccc(O)cc3)=C2O)C=C1. The Morgan fingerprint density at radius 3 is 2.00 bits per heavy atom. The van der Waals surface area contributed by atoms with Crippen molar-refractivity contribution in [2.45, 2.75) is 0 Å². The molecular weight excluding hydrogens is 256 g/mol. The maximum Gasteiger partial charge on any atom is 0.363 e. The highest BCUT2D eigenvalue weighted by Gasteiger charge is 2.42. The summed E-state index contributed by atoms with van der Waals surface area (Å²) in [5.41, 5.74) is 1.86. The number of aliphatic hydroxyl groups excluding tert-OH is 1. The number of ketones is 2. The second kappa shape index (κ2) is 4.35. The summed E-state index contributed by atoms with van der Waals surface area (Å²) in [7, 11) is 0. The van der Waals surface area contributed by atoms with Crippen molar-refractivity contribution in [3.8, 4) is 5.75 Å². The molecule has 0 aliphatic heterocycles. The number of carbonyl (C=O) groups is 1. The molecule has 0 heterocycles. The Labute approximate surface area is 114 Å². The number of benzene rings is 1. The van der Waals surface area contributed by atoms with Crippen LogP contribution in [0.25, 0.3) is 5.57 Å². The summed E-state index contributed by atoms with van der Waals surface area (Å²) in [5, 5.41) is 19.3. The number of carbonyl (C=O) groups excluding carboxylic acids is 2.